The maximum Gasteiger partial charge on any atom is 0.338 e. The van der Waals surface area contributed by atoms with Crippen LogP contribution in [0.1, 0.15) is 30.1 Å². The number of hydrogen-bond acceptors (Lipinski definition) is 5. The highest BCUT2D eigenvalue weighted by molar-refractivity contribution is 5.89. The number of carbonyl (C=O) groups is 1. The first kappa shape index (κ1) is 16.5. The zero-order chi connectivity index (χ0) is 14.6. The van der Waals surface area contributed by atoms with Gasteiger partial charge < -0.3 is 19.9 Å². The Balaban J connectivity index is 2.30. The first-order valence-corrected chi connectivity index (χ1v) is 6.97. The molecule has 0 aromatic heterocycles. The minimum atomic E-state index is -0.363. The van der Waals surface area contributed by atoms with E-state index in [1.54, 1.807) is 12.1 Å². The molecule has 0 aliphatic heterocycles. The van der Waals surface area contributed by atoms with E-state index in [4.69, 9.17) is 14.6 Å². The van der Waals surface area contributed by atoms with E-state index in [2.05, 4.69) is 12.2 Å². The summed E-state index contributed by atoms with van der Waals surface area (Å²) in [7, 11) is 0. The van der Waals surface area contributed by atoms with Crippen LogP contribution >= 0.6 is 0 Å². The Morgan fingerprint density at radius 2 is 1.95 bits per heavy atom. The lowest BCUT2D eigenvalue weighted by atomic mass is 10.2. The van der Waals surface area contributed by atoms with E-state index in [0.29, 0.717) is 12.2 Å². The highest BCUT2D eigenvalue weighted by atomic mass is 16.6. The SMILES string of the molecule is CCCCNc1ccc(C(=O)OCCOCCO)cc1. The van der Waals surface area contributed by atoms with Crippen LogP contribution in [0, 0.1) is 0 Å². The minimum absolute atomic E-state index is 0.0273. The molecule has 2 N–H and O–H groups in total. The second-order valence-corrected chi connectivity index (χ2v) is 4.33. The third kappa shape index (κ3) is 6.54. The zero-order valence-corrected chi connectivity index (χ0v) is 11.9. The number of aliphatic hydroxyl groups excluding tert-OH is 1. The maximum absolute atomic E-state index is 11.7. The molecule has 1 aromatic rings. The van der Waals surface area contributed by atoms with Gasteiger partial charge >= 0.3 is 5.97 Å². The Hall–Kier alpha value is -1.59. The van der Waals surface area contributed by atoms with Crippen molar-refractivity contribution in [1.82, 2.24) is 0 Å². The molecule has 1 aromatic carbocycles. The molecule has 0 amide bonds. The monoisotopic (exact) mass is 281 g/mol. The molecule has 5 nitrogen and oxygen atoms in total. The summed E-state index contributed by atoms with van der Waals surface area (Å²) in [6, 6.07) is 7.22. The Labute approximate surface area is 119 Å². The number of nitrogens with one attached hydrogen (secondary N) is 1. The molecule has 20 heavy (non-hydrogen) atoms. The van der Waals surface area contributed by atoms with Gasteiger partial charge in [0.25, 0.3) is 0 Å². The van der Waals surface area contributed by atoms with E-state index in [-0.39, 0.29) is 25.8 Å². The number of benzene rings is 1. The predicted molar refractivity (Wildman–Crippen MR) is 78.0 cm³/mol. The van der Waals surface area contributed by atoms with Crippen molar-refractivity contribution in [2.24, 2.45) is 0 Å². The zero-order valence-electron chi connectivity index (χ0n) is 11.9. The molecule has 0 unspecified atom stereocenters. The van der Waals surface area contributed by atoms with Gasteiger partial charge in [0.2, 0.25) is 0 Å². The quantitative estimate of drug-likeness (QED) is 0.507. The molecule has 0 radical (unpaired) electrons. The molecule has 0 fully saturated rings. The topological polar surface area (TPSA) is 67.8 Å². The minimum Gasteiger partial charge on any atom is -0.460 e. The summed E-state index contributed by atoms with van der Waals surface area (Å²) < 4.78 is 10.1. The van der Waals surface area contributed by atoms with E-state index < -0.39 is 0 Å². The second-order valence-electron chi connectivity index (χ2n) is 4.33. The van der Waals surface area contributed by atoms with Crippen LogP contribution in [-0.2, 0) is 9.47 Å². The summed E-state index contributed by atoms with van der Waals surface area (Å²) in [6.45, 7) is 3.79. The fourth-order valence-corrected chi connectivity index (χ4v) is 1.58. The average molecular weight is 281 g/mol. The van der Waals surface area contributed by atoms with E-state index in [0.717, 1.165) is 25.1 Å². The third-order valence-corrected chi connectivity index (χ3v) is 2.68. The Morgan fingerprint density at radius 3 is 2.60 bits per heavy atom. The molecular weight excluding hydrogens is 258 g/mol. The van der Waals surface area contributed by atoms with Crippen molar-refractivity contribution in [1.29, 1.82) is 0 Å². The molecule has 0 atom stereocenters. The molecular formula is C15H23NO4. The first-order chi connectivity index (χ1) is 9.77. The van der Waals surface area contributed by atoms with Crippen molar-refractivity contribution < 1.29 is 19.4 Å². The van der Waals surface area contributed by atoms with Gasteiger partial charge in [-0.1, -0.05) is 13.3 Å². The van der Waals surface area contributed by atoms with Crippen LogP contribution in [0.3, 0.4) is 0 Å². The largest absolute Gasteiger partial charge is 0.460 e. The number of unbranched alkanes of at least 4 members (excludes halogenated alkanes) is 1. The van der Waals surface area contributed by atoms with Gasteiger partial charge in [-0.15, -0.1) is 0 Å². The van der Waals surface area contributed by atoms with Crippen molar-refractivity contribution in [3.63, 3.8) is 0 Å². The lowest BCUT2D eigenvalue weighted by molar-refractivity contribution is 0.0258. The number of carbonyl (C=O) groups excluding carboxylic acids is 1. The van der Waals surface area contributed by atoms with Crippen LogP contribution in [0.5, 0.6) is 0 Å². The van der Waals surface area contributed by atoms with E-state index >= 15 is 0 Å². The molecule has 0 spiro atoms. The highest BCUT2D eigenvalue weighted by Crippen LogP contribution is 2.10. The molecule has 0 aliphatic rings. The van der Waals surface area contributed by atoms with Crippen molar-refractivity contribution in [2.75, 3.05) is 38.3 Å². The Bertz CT molecular complexity index is 378. The molecule has 0 heterocycles. The highest BCUT2D eigenvalue weighted by Gasteiger charge is 2.06. The first-order valence-electron chi connectivity index (χ1n) is 6.97. The Morgan fingerprint density at radius 1 is 1.20 bits per heavy atom. The van der Waals surface area contributed by atoms with Gasteiger partial charge in [0.15, 0.2) is 0 Å². The van der Waals surface area contributed by atoms with Crippen LogP contribution in [0.25, 0.3) is 0 Å². The van der Waals surface area contributed by atoms with E-state index in [1.165, 1.54) is 0 Å². The second kappa shape index (κ2) is 10.2. The number of hydrogen-bond donors (Lipinski definition) is 2. The molecule has 0 bridgehead atoms. The van der Waals surface area contributed by atoms with Gasteiger partial charge in [-0.2, -0.15) is 0 Å². The number of anilines is 1. The van der Waals surface area contributed by atoms with E-state index in [9.17, 15) is 4.79 Å². The van der Waals surface area contributed by atoms with Crippen LogP contribution in [0.2, 0.25) is 0 Å². The molecule has 0 saturated carbocycles. The number of rotatable bonds is 10. The summed E-state index contributed by atoms with van der Waals surface area (Å²) in [5, 5.41) is 11.8. The van der Waals surface area contributed by atoms with Crippen molar-refractivity contribution in [3.05, 3.63) is 29.8 Å². The summed E-state index contributed by atoms with van der Waals surface area (Å²) >= 11 is 0. The van der Waals surface area contributed by atoms with Gasteiger partial charge in [0.05, 0.1) is 25.4 Å². The number of ether oxygens (including phenoxy) is 2. The van der Waals surface area contributed by atoms with Gasteiger partial charge in [0, 0.05) is 12.2 Å². The molecule has 0 saturated heterocycles. The number of aliphatic hydroxyl groups is 1. The molecule has 112 valence electrons. The van der Waals surface area contributed by atoms with Crippen molar-refractivity contribution in [2.45, 2.75) is 19.8 Å². The van der Waals surface area contributed by atoms with Crippen LogP contribution < -0.4 is 5.32 Å². The number of esters is 1. The Kier molecular flexibility index (Phi) is 8.42. The summed E-state index contributed by atoms with van der Waals surface area (Å²) in [5.41, 5.74) is 1.52. The lowest BCUT2D eigenvalue weighted by Crippen LogP contribution is -2.12. The van der Waals surface area contributed by atoms with Gasteiger partial charge in [0.1, 0.15) is 6.61 Å². The standard InChI is InChI=1S/C15H23NO4/c1-2-3-8-16-14-6-4-13(5-7-14)15(18)20-12-11-19-10-9-17/h4-7,16-17H,2-3,8-12H2,1H3. The summed E-state index contributed by atoms with van der Waals surface area (Å²) in [5.74, 6) is -0.363. The van der Waals surface area contributed by atoms with E-state index in [1.807, 2.05) is 12.1 Å². The van der Waals surface area contributed by atoms with Crippen LogP contribution in [0.4, 0.5) is 5.69 Å². The fourth-order valence-electron chi connectivity index (χ4n) is 1.58. The lowest BCUT2D eigenvalue weighted by Gasteiger charge is -2.07. The normalized spacial score (nSPS) is 10.3. The third-order valence-electron chi connectivity index (χ3n) is 2.68. The summed E-state index contributed by atoms with van der Waals surface area (Å²) in [4.78, 5) is 11.7. The maximum atomic E-state index is 11.7. The average Bonchev–Trinajstić information content (AvgIpc) is 2.48. The van der Waals surface area contributed by atoms with Gasteiger partial charge in [-0.05, 0) is 30.7 Å². The fraction of sp³-hybridized carbons (Fsp3) is 0.533. The van der Waals surface area contributed by atoms with Gasteiger partial charge in [-0.3, -0.25) is 0 Å². The molecule has 1 rings (SSSR count). The van der Waals surface area contributed by atoms with Gasteiger partial charge in [-0.25, -0.2) is 4.79 Å². The van der Waals surface area contributed by atoms with Crippen LogP contribution in [0.15, 0.2) is 24.3 Å². The van der Waals surface area contributed by atoms with Crippen molar-refractivity contribution in [3.8, 4) is 0 Å². The smallest absolute Gasteiger partial charge is 0.338 e. The van der Waals surface area contributed by atoms with Crippen molar-refractivity contribution >= 4 is 11.7 Å². The molecule has 5 heteroatoms. The summed E-state index contributed by atoms with van der Waals surface area (Å²) in [6.07, 6.45) is 2.27. The molecule has 0 aliphatic carbocycles. The predicted octanol–water partition coefficient (Wildman–Crippen LogP) is 2.06. The van der Waals surface area contributed by atoms with Crippen LogP contribution in [-0.4, -0.2) is 44.0 Å².